The summed E-state index contributed by atoms with van der Waals surface area (Å²) in [6.45, 7) is 0.665. The molecule has 0 saturated carbocycles. The highest BCUT2D eigenvalue weighted by Gasteiger charge is 2.07. The highest BCUT2D eigenvalue weighted by Crippen LogP contribution is 2.21. The summed E-state index contributed by atoms with van der Waals surface area (Å²) in [7, 11) is 0. The van der Waals surface area contributed by atoms with Crippen molar-refractivity contribution in [3.63, 3.8) is 0 Å². The molecule has 0 aliphatic carbocycles. The minimum atomic E-state index is -0.559. The Bertz CT molecular complexity index is 947. The zero-order valence-electron chi connectivity index (χ0n) is 14.2. The number of fused-ring (bicyclic) bond motifs is 1. The fourth-order valence-corrected chi connectivity index (χ4v) is 2.92. The number of rotatable bonds is 6. The smallest absolute Gasteiger partial charge is 0.307 e. The molecule has 2 amide bonds. The van der Waals surface area contributed by atoms with Crippen molar-refractivity contribution in [1.29, 1.82) is 0 Å². The molecular weight excluding hydrogens is 366 g/mol. The quantitative estimate of drug-likeness (QED) is 0.261. The van der Waals surface area contributed by atoms with Crippen LogP contribution in [0.25, 0.3) is 10.9 Å². The van der Waals surface area contributed by atoms with Gasteiger partial charge in [-0.3, -0.25) is 19.8 Å². The van der Waals surface area contributed by atoms with E-state index in [1.807, 2.05) is 18.2 Å². The monoisotopic (exact) mass is 383 g/mol. The van der Waals surface area contributed by atoms with Gasteiger partial charge in [0.05, 0.1) is 12.1 Å². The molecule has 2 aromatic carbocycles. The lowest BCUT2D eigenvalue weighted by atomic mass is 10.1. The van der Waals surface area contributed by atoms with Gasteiger partial charge in [0.25, 0.3) is 5.91 Å². The standard InChI is InChI=1S/C19H17N3O4S/c23-18(14-3-8-17-13(12-14)2-1-9-20-17)21-10-11-26-15-4-6-16(7-5-15)27-19(24)22-25/h1-9,12,25H,10-11H2,(H,21,23)(H,22,24). The summed E-state index contributed by atoms with van der Waals surface area (Å²) in [6, 6.07) is 15.9. The number of amides is 2. The maximum Gasteiger partial charge on any atom is 0.307 e. The second kappa shape index (κ2) is 9.02. The van der Waals surface area contributed by atoms with Crippen molar-refractivity contribution in [2.45, 2.75) is 4.90 Å². The van der Waals surface area contributed by atoms with Gasteiger partial charge in [0.2, 0.25) is 0 Å². The van der Waals surface area contributed by atoms with Gasteiger partial charge in [-0.05, 0) is 60.3 Å². The number of carbonyl (C=O) groups excluding carboxylic acids is 2. The van der Waals surface area contributed by atoms with Crippen molar-refractivity contribution in [1.82, 2.24) is 15.8 Å². The topological polar surface area (TPSA) is 101 Å². The Balaban J connectivity index is 1.46. The zero-order chi connectivity index (χ0) is 19.1. The highest BCUT2D eigenvalue weighted by molar-refractivity contribution is 8.13. The first-order valence-electron chi connectivity index (χ1n) is 8.13. The first-order valence-corrected chi connectivity index (χ1v) is 8.95. The molecule has 0 unspecified atom stereocenters. The number of hydroxylamine groups is 1. The lowest BCUT2D eigenvalue weighted by Crippen LogP contribution is -2.28. The lowest BCUT2D eigenvalue weighted by Gasteiger charge is -2.09. The van der Waals surface area contributed by atoms with Crippen molar-refractivity contribution in [2.24, 2.45) is 0 Å². The summed E-state index contributed by atoms with van der Waals surface area (Å²) in [6.07, 6.45) is 1.71. The van der Waals surface area contributed by atoms with Gasteiger partial charge in [0, 0.05) is 22.0 Å². The Morgan fingerprint density at radius 1 is 1.11 bits per heavy atom. The van der Waals surface area contributed by atoms with Crippen LogP contribution >= 0.6 is 11.8 Å². The summed E-state index contributed by atoms with van der Waals surface area (Å²) < 4.78 is 5.56. The van der Waals surface area contributed by atoms with Crippen LogP contribution in [0.15, 0.2) is 65.7 Å². The van der Waals surface area contributed by atoms with E-state index in [1.54, 1.807) is 48.1 Å². The molecule has 0 aliphatic rings. The first-order chi connectivity index (χ1) is 13.2. The molecule has 0 radical (unpaired) electrons. The van der Waals surface area contributed by atoms with Crippen LogP contribution in [0.4, 0.5) is 4.79 Å². The molecule has 0 spiro atoms. The van der Waals surface area contributed by atoms with Crippen LogP contribution in [0.2, 0.25) is 0 Å². The van der Waals surface area contributed by atoms with E-state index in [2.05, 4.69) is 10.3 Å². The van der Waals surface area contributed by atoms with E-state index < -0.39 is 5.24 Å². The minimum absolute atomic E-state index is 0.175. The second-order valence-corrected chi connectivity index (χ2v) is 6.53. The van der Waals surface area contributed by atoms with E-state index in [1.165, 1.54) is 0 Å². The molecule has 3 aromatic rings. The Hall–Kier alpha value is -3.10. The molecule has 8 heteroatoms. The van der Waals surface area contributed by atoms with Gasteiger partial charge < -0.3 is 10.1 Å². The Kier molecular flexibility index (Phi) is 6.24. The molecule has 3 N–H and O–H groups in total. The lowest BCUT2D eigenvalue weighted by molar-refractivity contribution is 0.0947. The second-order valence-electron chi connectivity index (χ2n) is 5.49. The molecule has 0 saturated heterocycles. The molecule has 0 aliphatic heterocycles. The predicted molar refractivity (Wildman–Crippen MR) is 102 cm³/mol. The molecule has 138 valence electrons. The van der Waals surface area contributed by atoms with Gasteiger partial charge in [0.15, 0.2) is 0 Å². The number of aromatic nitrogens is 1. The van der Waals surface area contributed by atoms with Crippen LogP contribution in [0.1, 0.15) is 10.4 Å². The van der Waals surface area contributed by atoms with E-state index in [0.717, 1.165) is 22.7 Å². The van der Waals surface area contributed by atoms with E-state index in [-0.39, 0.29) is 5.91 Å². The van der Waals surface area contributed by atoms with Crippen LogP contribution in [0.5, 0.6) is 5.75 Å². The molecule has 3 rings (SSSR count). The summed E-state index contributed by atoms with van der Waals surface area (Å²) in [4.78, 5) is 28.2. The van der Waals surface area contributed by atoms with Crippen molar-refractivity contribution in [3.8, 4) is 5.75 Å². The van der Waals surface area contributed by atoms with E-state index in [9.17, 15) is 9.59 Å². The first kappa shape index (κ1) is 18.7. The summed E-state index contributed by atoms with van der Waals surface area (Å²) in [5, 5.41) is 11.7. The molecular formula is C19H17N3O4S. The fraction of sp³-hybridized carbons (Fsp3) is 0.105. The van der Waals surface area contributed by atoms with Crippen molar-refractivity contribution in [2.75, 3.05) is 13.2 Å². The van der Waals surface area contributed by atoms with Gasteiger partial charge >= 0.3 is 5.24 Å². The van der Waals surface area contributed by atoms with E-state index in [0.29, 0.717) is 29.4 Å². The van der Waals surface area contributed by atoms with Gasteiger partial charge in [-0.2, -0.15) is 0 Å². The Labute approximate surface area is 159 Å². The zero-order valence-corrected chi connectivity index (χ0v) is 15.0. The van der Waals surface area contributed by atoms with Crippen molar-refractivity contribution in [3.05, 3.63) is 66.4 Å². The van der Waals surface area contributed by atoms with Crippen LogP contribution < -0.4 is 15.5 Å². The predicted octanol–water partition coefficient (Wildman–Crippen LogP) is 3.23. The summed E-state index contributed by atoms with van der Waals surface area (Å²) >= 11 is 0.866. The highest BCUT2D eigenvalue weighted by atomic mass is 32.2. The summed E-state index contributed by atoms with van der Waals surface area (Å²) in [5.41, 5.74) is 2.96. The largest absolute Gasteiger partial charge is 0.492 e. The van der Waals surface area contributed by atoms with Gasteiger partial charge in [0.1, 0.15) is 12.4 Å². The number of hydrogen-bond donors (Lipinski definition) is 3. The van der Waals surface area contributed by atoms with Gasteiger partial charge in [-0.1, -0.05) is 6.07 Å². The fourth-order valence-electron chi connectivity index (χ4n) is 2.39. The molecule has 1 heterocycles. The van der Waals surface area contributed by atoms with E-state index >= 15 is 0 Å². The Morgan fingerprint density at radius 3 is 2.70 bits per heavy atom. The molecule has 1 aromatic heterocycles. The number of carbonyl (C=O) groups is 2. The SMILES string of the molecule is O=C(NO)Sc1ccc(OCCNC(=O)c2ccc3ncccc3c2)cc1. The average molecular weight is 383 g/mol. The van der Waals surface area contributed by atoms with Crippen molar-refractivity contribution < 1.29 is 19.5 Å². The number of pyridine rings is 1. The third-order valence-electron chi connectivity index (χ3n) is 3.65. The number of hydrogen-bond acceptors (Lipinski definition) is 6. The molecule has 7 nitrogen and oxygen atoms in total. The van der Waals surface area contributed by atoms with Crippen molar-refractivity contribution >= 4 is 33.8 Å². The van der Waals surface area contributed by atoms with Gasteiger partial charge in [-0.25, -0.2) is 5.48 Å². The number of thioether (sulfide) groups is 1. The molecule has 0 atom stereocenters. The third-order valence-corrected chi connectivity index (χ3v) is 4.43. The van der Waals surface area contributed by atoms with Gasteiger partial charge in [-0.15, -0.1) is 0 Å². The van der Waals surface area contributed by atoms with Crippen LogP contribution in [-0.4, -0.2) is 34.5 Å². The van der Waals surface area contributed by atoms with Crippen LogP contribution in [-0.2, 0) is 0 Å². The average Bonchev–Trinajstić information content (AvgIpc) is 2.71. The number of nitrogens with zero attached hydrogens (tertiary/aromatic N) is 1. The van der Waals surface area contributed by atoms with Crippen LogP contribution in [0.3, 0.4) is 0 Å². The third kappa shape index (κ3) is 5.19. The molecule has 0 fully saturated rings. The maximum atomic E-state index is 12.2. The summed E-state index contributed by atoms with van der Waals surface area (Å²) in [5.74, 6) is 0.445. The molecule has 27 heavy (non-hydrogen) atoms. The normalized spacial score (nSPS) is 10.4. The number of ether oxygens (including phenoxy) is 1. The Morgan fingerprint density at radius 2 is 1.93 bits per heavy atom. The number of benzene rings is 2. The minimum Gasteiger partial charge on any atom is -0.492 e. The van der Waals surface area contributed by atoms with Crippen LogP contribution in [0, 0.1) is 0 Å². The molecule has 0 bridgehead atoms. The number of nitrogens with one attached hydrogen (secondary N) is 2. The maximum absolute atomic E-state index is 12.2. The van der Waals surface area contributed by atoms with E-state index in [4.69, 9.17) is 9.94 Å².